The lowest BCUT2D eigenvalue weighted by Crippen LogP contribution is -2.42. The maximum Gasteiger partial charge on any atom is 0.251 e. The first kappa shape index (κ1) is 31.9. The van der Waals surface area contributed by atoms with Gasteiger partial charge in [0.05, 0.1) is 37.9 Å². The van der Waals surface area contributed by atoms with Gasteiger partial charge in [0.1, 0.15) is 28.3 Å². The van der Waals surface area contributed by atoms with Gasteiger partial charge in [0.2, 0.25) is 18.5 Å². The monoisotopic (exact) mass is 667 g/mol. The molecule has 1 atom stereocenters. The highest BCUT2D eigenvalue weighted by Gasteiger charge is 2.46. The molecule has 1 saturated carbocycles. The van der Waals surface area contributed by atoms with E-state index in [0.717, 1.165) is 0 Å². The van der Waals surface area contributed by atoms with E-state index in [1.165, 1.54) is 17.9 Å². The molecule has 3 heterocycles. The number of hydrogen-bond donors (Lipinski definition) is 3. The Morgan fingerprint density at radius 2 is 1.92 bits per heavy atom. The minimum atomic E-state index is -1.91. The number of halogens is 1. The van der Waals surface area contributed by atoms with E-state index in [-0.39, 0.29) is 37.6 Å². The summed E-state index contributed by atoms with van der Waals surface area (Å²) in [7, 11) is 1.45. The van der Waals surface area contributed by atoms with Crippen LogP contribution in [0.4, 0.5) is 4.39 Å². The van der Waals surface area contributed by atoms with Crippen molar-refractivity contribution in [3.05, 3.63) is 95.3 Å². The summed E-state index contributed by atoms with van der Waals surface area (Å²) >= 11 is 0. The number of nitrogens with one attached hydrogen (secondary N) is 1. The maximum atomic E-state index is 14.8. The molecule has 0 radical (unpaired) electrons. The van der Waals surface area contributed by atoms with Crippen molar-refractivity contribution in [2.75, 3.05) is 27.1 Å². The van der Waals surface area contributed by atoms with Gasteiger partial charge in [0.25, 0.3) is 5.91 Å². The number of carbonyl (C=O) groups excluding carboxylic acids is 2. The van der Waals surface area contributed by atoms with Gasteiger partial charge in [-0.2, -0.15) is 5.10 Å². The minimum absolute atomic E-state index is 0.0101. The van der Waals surface area contributed by atoms with Crippen LogP contribution in [0.5, 0.6) is 23.0 Å². The minimum Gasteiger partial charge on any atom is -0.494 e. The quantitative estimate of drug-likeness (QED) is 0.176. The molecule has 0 bridgehead atoms. The number of ether oxygens (including phenoxy) is 4. The third kappa shape index (κ3) is 5.86. The first-order chi connectivity index (χ1) is 23.6. The normalized spacial score (nSPS) is 15.4. The van der Waals surface area contributed by atoms with Crippen molar-refractivity contribution in [2.24, 2.45) is 5.73 Å². The van der Waals surface area contributed by atoms with Crippen molar-refractivity contribution in [3.8, 4) is 34.3 Å². The van der Waals surface area contributed by atoms with Gasteiger partial charge in [0.15, 0.2) is 11.5 Å². The van der Waals surface area contributed by atoms with Crippen LogP contribution in [0.15, 0.2) is 72.9 Å². The number of aromatic nitrogens is 3. The molecule has 4 N–H and O–H groups in total. The standard InChI is InChI=1S/C36H34FN5O7/c1-3-47-32-21(17-29(38)43)16-28(40-31(32)25-10-7-11-26-33(25)49-20-48-26)36(45,24-8-5-4-6-9-24)19-39-34(44)22-14-23-18-42(35(37)12-13-35)41-30(23)27(15-22)46-2/h4-11,14-16,18,45H,3,12-13,17,19-20H2,1-2H3,(H2,38,43)(H,39,44)/t36-/m1/s1. The fraction of sp³-hybridized carbons (Fsp3) is 0.278. The van der Waals surface area contributed by atoms with Crippen LogP contribution in [0.1, 0.15) is 46.9 Å². The molecule has 3 aromatic carbocycles. The number of hydrogen-bond acceptors (Lipinski definition) is 9. The lowest BCUT2D eigenvalue weighted by molar-refractivity contribution is -0.117. The Balaban J connectivity index is 1.31. The molecule has 0 spiro atoms. The summed E-state index contributed by atoms with van der Waals surface area (Å²) in [6, 6.07) is 18.7. The summed E-state index contributed by atoms with van der Waals surface area (Å²) in [6.07, 6.45) is 2.08. The lowest BCUT2D eigenvalue weighted by Gasteiger charge is -2.30. The summed E-state index contributed by atoms with van der Waals surface area (Å²) in [5, 5.41) is 20.3. The zero-order valence-corrected chi connectivity index (χ0v) is 26.9. The van der Waals surface area contributed by atoms with Gasteiger partial charge in [0, 0.05) is 35.6 Å². The van der Waals surface area contributed by atoms with Crippen LogP contribution < -0.4 is 30.0 Å². The summed E-state index contributed by atoms with van der Waals surface area (Å²) in [5.74, 6) is -1.14. The first-order valence-electron chi connectivity index (χ1n) is 15.8. The van der Waals surface area contributed by atoms with E-state index < -0.39 is 23.2 Å². The number of aliphatic hydroxyl groups is 1. The summed E-state index contributed by atoms with van der Waals surface area (Å²) in [4.78, 5) is 31.0. The van der Waals surface area contributed by atoms with Gasteiger partial charge in [-0.05, 0) is 42.8 Å². The number of pyridine rings is 1. The SMILES string of the molecule is CCOc1c(CC(N)=O)cc([C@@](O)(CNC(=O)c2cc(OC)c3nn(C4(F)CC4)cc3c2)c2ccccc2)nc1-c1cccc2c1OCO2. The number of alkyl halides is 1. The molecule has 49 heavy (non-hydrogen) atoms. The molecule has 1 aliphatic carbocycles. The van der Waals surface area contributed by atoms with Crippen LogP contribution in [0.25, 0.3) is 22.2 Å². The number of carbonyl (C=O) groups is 2. The molecule has 2 amide bonds. The topological polar surface area (TPSA) is 160 Å². The molecule has 0 saturated heterocycles. The molecule has 0 unspecified atom stereocenters. The highest BCUT2D eigenvalue weighted by atomic mass is 19.1. The van der Waals surface area contributed by atoms with Crippen LogP contribution >= 0.6 is 0 Å². The van der Waals surface area contributed by atoms with Crippen LogP contribution in [-0.2, 0) is 22.6 Å². The predicted molar refractivity (Wildman–Crippen MR) is 176 cm³/mol. The van der Waals surface area contributed by atoms with Crippen molar-refractivity contribution >= 4 is 22.7 Å². The largest absolute Gasteiger partial charge is 0.494 e. The number of primary amides is 1. The van der Waals surface area contributed by atoms with Crippen molar-refractivity contribution in [3.63, 3.8) is 0 Å². The molecule has 252 valence electrons. The van der Waals surface area contributed by atoms with Crippen molar-refractivity contribution in [2.45, 2.75) is 37.6 Å². The third-order valence-corrected chi connectivity index (χ3v) is 8.66. The Morgan fingerprint density at radius 1 is 1.12 bits per heavy atom. The summed E-state index contributed by atoms with van der Waals surface area (Å²) < 4.78 is 39.0. The second-order valence-corrected chi connectivity index (χ2v) is 12.0. The molecule has 1 aliphatic heterocycles. The zero-order chi connectivity index (χ0) is 34.3. The first-order valence-corrected chi connectivity index (χ1v) is 15.8. The Labute approximate surface area is 280 Å². The van der Waals surface area contributed by atoms with Gasteiger partial charge in [-0.25, -0.2) is 14.1 Å². The van der Waals surface area contributed by atoms with Crippen LogP contribution in [0.2, 0.25) is 0 Å². The van der Waals surface area contributed by atoms with E-state index in [0.29, 0.717) is 69.1 Å². The molecule has 1 fully saturated rings. The molecular weight excluding hydrogens is 633 g/mol. The Morgan fingerprint density at radius 3 is 2.63 bits per heavy atom. The van der Waals surface area contributed by atoms with Crippen molar-refractivity contribution < 1.29 is 38.0 Å². The van der Waals surface area contributed by atoms with E-state index in [4.69, 9.17) is 29.7 Å². The van der Waals surface area contributed by atoms with E-state index in [1.54, 1.807) is 73.8 Å². The number of benzene rings is 3. The van der Waals surface area contributed by atoms with Crippen molar-refractivity contribution in [1.29, 1.82) is 0 Å². The van der Waals surface area contributed by atoms with E-state index in [1.807, 2.05) is 0 Å². The number of nitrogens with two attached hydrogens (primary N) is 1. The molecule has 7 rings (SSSR count). The van der Waals surface area contributed by atoms with E-state index in [2.05, 4.69) is 10.4 Å². The molecule has 5 aromatic rings. The second-order valence-electron chi connectivity index (χ2n) is 12.0. The third-order valence-electron chi connectivity index (χ3n) is 8.66. The number of nitrogens with zero attached hydrogens (tertiary/aromatic N) is 3. The molecule has 2 aromatic heterocycles. The molecule has 13 heteroatoms. The maximum absolute atomic E-state index is 14.8. The van der Waals surface area contributed by atoms with Gasteiger partial charge < -0.3 is 35.1 Å². The van der Waals surface area contributed by atoms with Gasteiger partial charge >= 0.3 is 0 Å². The highest BCUT2D eigenvalue weighted by Crippen LogP contribution is 2.47. The number of methoxy groups -OCH3 is 1. The summed E-state index contributed by atoms with van der Waals surface area (Å²) in [6.45, 7) is 1.74. The van der Waals surface area contributed by atoms with Gasteiger partial charge in [-0.3, -0.25) is 9.59 Å². The molecule has 2 aliphatic rings. The average Bonchev–Trinajstić information content (AvgIpc) is 3.46. The van der Waals surface area contributed by atoms with E-state index >= 15 is 0 Å². The van der Waals surface area contributed by atoms with Crippen LogP contribution in [0.3, 0.4) is 0 Å². The van der Waals surface area contributed by atoms with Gasteiger partial charge in [-0.15, -0.1) is 0 Å². The van der Waals surface area contributed by atoms with Crippen molar-refractivity contribution in [1.82, 2.24) is 20.1 Å². The van der Waals surface area contributed by atoms with Gasteiger partial charge in [-0.1, -0.05) is 36.4 Å². The number of amides is 2. The fourth-order valence-corrected chi connectivity index (χ4v) is 6.01. The lowest BCUT2D eigenvalue weighted by atomic mass is 9.87. The second kappa shape index (κ2) is 12.4. The number of rotatable bonds is 12. The van der Waals surface area contributed by atoms with Crippen LogP contribution in [0, 0.1) is 0 Å². The Bertz CT molecular complexity index is 2080. The zero-order valence-electron chi connectivity index (χ0n) is 26.9. The predicted octanol–water partition coefficient (Wildman–Crippen LogP) is 4.34. The van der Waals surface area contributed by atoms with E-state index in [9.17, 15) is 19.1 Å². The highest BCUT2D eigenvalue weighted by molar-refractivity contribution is 6.00. The Hall–Kier alpha value is -5.69. The molecular formula is C36H34FN5O7. The average molecular weight is 668 g/mol. The molecule has 12 nitrogen and oxygen atoms in total. The smallest absolute Gasteiger partial charge is 0.251 e. The summed E-state index contributed by atoms with van der Waals surface area (Å²) in [5.41, 5.74) is 6.17. The van der Waals surface area contributed by atoms with Crippen LogP contribution in [-0.4, -0.2) is 58.7 Å². The Kier molecular flexibility index (Phi) is 8.07. The number of fused-ring (bicyclic) bond motifs is 2. The fourth-order valence-electron chi connectivity index (χ4n) is 6.01. The number of para-hydroxylation sites is 1.